The van der Waals surface area contributed by atoms with Crippen molar-refractivity contribution in [2.24, 2.45) is 5.92 Å². The zero-order chi connectivity index (χ0) is 12.3. The molecule has 5 heteroatoms. The van der Waals surface area contributed by atoms with Crippen LogP contribution in [0.2, 0.25) is 0 Å². The molecule has 0 spiro atoms. The second kappa shape index (κ2) is 5.21. The van der Waals surface area contributed by atoms with Gasteiger partial charge in [0.25, 0.3) is 0 Å². The maximum atomic E-state index is 12.0. The van der Waals surface area contributed by atoms with Gasteiger partial charge in [-0.05, 0) is 24.8 Å². The molecule has 2 N–H and O–H groups in total. The summed E-state index contributed by atoms with van der Waals surface area (Å²) >= 11 is 0. The summed E-state index contributed by atoms with van der Waals surface area (Å²) in [6, 6.07) is 1.70. The summed E-state index contributed by atoms with van der Waals surface area (Å²) in [6.45, 7) is 4.28. The lowest BCUT2D eigenvalue weighted by molar-refractivity contribution is -0.133. The van der Waals surface area contributed by atoms with Gasteiger partial charge in [0.05, 0.1) is 0 Å². The van der Waals surface area contributed by atoms with Gasteiger partial charge in [-0.3, -0.25) is 9.48 Å². The molecule has 1 amide bonds. The Balaban J connectivity index is 1.85. The van der Waals surface area contributed by atoms with Gasteiger partial charge in [0.15, 0.2) is 0 Å². The van der Waals surface area contributed by atoms with Crippen molar-refractivity contribution in [1.82, 2.24) is 14.7 Å². The molecule has 0 saturated carbocycles. The lowest BCUT2D eigenvalue weighted by atomic mass is 9.94. The number of piperidine rings is 1. The average Bonchev–Trinajstić information content (AvgIpc) is 2.75. The second-order valence-electron chi connectivity index (χ2n) is 4.67. The number of aromatic nitrogens is 2. The average molecular weight is 236 g/mol. The maximum absolute atomic E-state index is 12.0. The Bertz CT molecular complexity index is 380. The number of anilines is 1. The van der Waals surface area contributed by atoms with Gasteiger partial charge in [0.1, 0.15) is 12.4 Å². The molecule has 1 aromatic rings. The summed E-state index contributed by atoms with van der Waals surface area (Å²) in [5.74, 6) is 1.39. The Hall–Kier alpha value is -1.52. The number of nitrogens with two attached hydrogens (primary N) is 1. The molecule has 0 aliphatic carbocycles. The van der Waals surface area contributed by atoms with Crippen molar-refractivity contribution in [2.75, 3.05) is 18.8 Å². The monoisotopic (exact) mass is 236 g/mol. The van der Waals surface area contributed by atoms with Crippen molar-refractivity contribution in [3.63, 3.8) is 0 Å². The number of hydrogen-bond acceptors (Lipinski definition) is 3. The van der Waals surface area contributed by atoms with Crippen molar-refractivity contribution in [1.29, 1.82) is 0 Å². The fourth-order valence-electron chi connectivity index (χ4n) is 2.29. The normalized spacial score (nSPS) is 17.4. The molecule has 1 fully saturated rings. The molecular formula is C12H20N4O. The lowest BCUT2D eigenvalue weighted by Gasteiger charge is -2.31. The predicted molar refractivity (Wildman–Crippen MR) is 66.2 cm³/mol. The van der Waals surface area contributed by atoms with Crippen LogP contribution < -0.4 is 5.73 Å². The van der Waals surface area contributed by atoms with Gasteiger partial charge < -0.3 is 10.6 Å². The van der Waals surface area contributed by atoms with Crippen LogP contribution in [0.1, 0.15) is 26.2 Å². The highest BCUT2D eigenvalue weighted by Crippen LogP contribution is 2.20. The van der Waals surface area contributed by atoms with Crippen LogP contribution in [-0.2, 0) is 11.3 Å². The van der Waals surface area contributed by atoms with Crippen LogP contribution >= 0.6 is 0 Å². The Morgan fingerprint density at radius 2 is 2.24 bits per heavy atom. The summed E-state index contributed by atoms with van der Waals surface area (Å²) in [7, 11) is 0. The largest absolute Gasteiger partial charge is 0.382 e. The fourth-order valence-corrected chi connectivity index (χ4v) is 2.29. The van der Waals surface area contributed by atoms with Crippen LogP contribution in [0.3, 0.4) is 0 Å². The van der Waals surface area contributed by atoms with E-state index in [1.54, 1.807) is 16.9 Å². The molecule has 17 heavy (non-hydrogen) atoms. The molecule has 1 aromatic heterocycles. The summed E-state index contributed by atoms with van der Waals surface area (Å²) in [4.78, 5) is 13.9. The number of likely N-dealkylation sites (tertiary alicyclic amines) is 1. The molecule has 5 nitrogen and oxygen atoms in total. The first-order valence-electron chi connectivity index (χ1n) is 6.25. The smallest absolute Gasteiger partial charge is 0.244 e. The van der Waals surface area contributed by atoms with Gasteiger partial charge in [-0.15, -0.1) is 0 Å². The van der Waals surface area contributed by atoms with Gasteiger partial charge in [0.2, 0.25) is 5.91 Å². The molecular weight excluding hydrogens is 216 g/mol. The number of carbonyl (C=O) groups excluding carboxylic acids is 1. The van der Waals surface area contributed by atoms with Crippen molar-refractivity contribution >= 4 is 11.7 Å². The van der Waals surface area contributed by atoms with Gasteiger partial charge in [-0.2, -0.15) is 5.10 Å². The molecule has 0 aromatic carbocycles. The first kappa shape index (κ1) is 12.0. The van der Waals surface area contributed by atoms with Gasteiger partial charge in [-0.1, -0.05) is 13.3 Å². The fraction of sp³-hybridized carbons (Fsp3) is 0.667. The highest BCUT2D eigenvalue weighted by molar-refractivity contribution is 5.76. The topological polar surface area (TPSA) is 64.2 Å². The predicted octanol–water partition coefficient (Wildman–Crippen LogP) is 1.11. The van der Waals surface area contributed by atoms with Crippen LogP contribution in [0.15, 0.2) is 12.3 Å². The molecule has 2 heterocycles. The Morgan fingerprint density at radius 3 is 2.76 bits per heavy atom. The zero-order valence-corrected chi connectivity index (χ0v) is 10.3. The van der Waals surface area contributed by atoms with Gasteiger partial charge >= 0.3 is 0 Å². The number of nitrogens with zero attached hydrogens (tertiary/aromatic N) is 3. The van der Waals surface area contributed by atoms with Crippen LogP contribution in [0.5, 0.6) is 0 Å². The summed E-state index contributed by atoms with van der Waals surface area (Å²) in [6.07, 6.45) is 5.22. The maximum Gasteiger partial charge on any atom is 0.244 e. The highest BCUT2D eigenvalue weighted by Gasteiger charge is 2.21. The Labute approximate surface area is 102 Å². The van der Waals surface area contributed by atoms with E-state index in [9.17, 15) is 4.79 Å². The standard InChI is InChI=1S/C12H20N4O/c1-2-10-3-6-15(7-4-10)12(17)9-16-8-5-11(13)14-16/h5,8,10H,2-4,6-7,9H2,1H3,(H2,13,14). The molecule has 94 valence electrons. The zero-order valence-electron chi connectivity index (χ0n) is 10.3. The van der Waals surface area contributed by atoms with Crippen LogP contribution in [0, 0.1) is 5.92 Å². The van der Waals surface area contributed by atoms with E-state index < -0.39 is 0 Å². The third-order valence-electron chi connectivity index (χ3n) is 3.50. The van der Waals surface area contributed by atoms with E-state index in [1.807, 2.05) is 4.90 Å². The molecule has 1 aliphatic heterocycles. The van der Waals surface area contributed by atoms with E-state index in [4.69, 9.17) is 5.73 Å². The molecule has 0 atom stereocenters. The minimum Gasteiger partial charge on any atom is -0.382 e. The summed E-state index contributed by atoms with van der Waals surface area (Å²) in [5.41, 5.74) is 5.51. The molecule has 2 rings (SSSR count). The van der Waals surface area contributed by atoms with Crippen molar-refractivity contribution in [2.45, 2.75) is 32.7 Å². The number of hydrogen-bond donors (Lipinski definition) is 1. The van der Waals surface area contributed by atoms with Crippen molar-refractivity contribution in [3.8, 4) is 0 Å². The van der Waals surface area contributed by atoms with Crippen LogP contribution in [0.4, 0.5) is 5.82 Å². The SMILES string of the molecule is CCC1CCN(C(=O)Cn2ccc(N)n2)CC1. The minimum absolute atomic E-state index is 0.141. The van der Waals surface area contributed by atoms with Gasteiger partial charge in [-0.25, -0.2) is 0 Å². The molecule has 1 aliphatic rings. The number of rotatable bonds is 3. The third kappa shape index (κ3) is 2.99. The number of nitrogen functional groups attached to an aromatic ring is 1. The third-order valence-corrected chi connectivity index (χ3v) is 3.50. The second-order valence-corrected chi connectivity index (χ2v) is 4.67. The van der Waals surface area contributed by atoms with Crippen LogP contribution in [-0.4, -0.2) is 33.7 Å². The molecule has 1 saturated heterocycles. The first-order valence-corrected chi connectivity index (χ1v) is 6.25. The van der Waals surface area contributed by atoms with E-state index in [1.165, 1.54) is 6.42 Å². The van der Waals surface area contributed by atoms with Gasteiger partial charge in [0, 0.05) is 19.3 Å². The molecule has 0 unspecified atom stereocenters. The quantitative estimate of drug-likeness (QED) is 0.855. The van der Waals surface area contributed by atoms with E-state index in [0.717, 1.165) is 31.8 Å². The van der Waals surface area contributed by atoms with Crippen molar-refractivity contribution < 1.29 is 4.79 Å². The molecule has 0 bridgehead atoms. The van der Waals surface area contributed by atoms with E-state index in [2.05, 4.69) is 12.0 Å². The number of carbonyl (C=O) groups is 1. The van der Waals surface area contributed by atoms with E-state index >= 15 is 0 Å². The Morgan fingerprint density at radius 1 is 1.53 bits per heavy atom. The summed E-state index contributed by atoms with van der Waals surface area (Å²) in [5, 5.41) is 4.02. The minimum atomic E-state index is 0.141. The lowest BCUT2D eigenvalue weighted by Crippen LogP contribution is -2.40. The van der Waals surface area contributed by atoms with E-state index in [-0.39, 0.29) is 5.91 Å². The summed E-state index contributed by atoms with van der Waals surface area (Å²) < 4.78 is 1.60. The van der Waals surface area contributed by atoms with Crippen molar-refractivity contribution in [3.05, 3.63) is 12.3 Å². The highest BCUT2D eigenvalue weighted by atomic mass is 16.2. The number of amides is 1. The molecule has 0 radical (unpaired) electrons. The first-order chi connectivity index (χ1) is 8.19. The van der Waals surface area contributed by atoms with Crippen LogP contribution in [0.25, 0.3) is 0 Å². The van der Waals surface area contributed by atoms with E-state index in [0.29, 0.717) is 12.4 Å². The Kier molecular flexibility index (Phi) is 3.66.